The summed E-state index contributed by atoms with van der Waals surface area (Å²) in [5.74, 6) is 0.995. The zero-order valence-corrected chi connectivity index (χ0v) is 14.2. The van der Waals surface area contributed by atoms with E-state index in [1.165, 1.54) is 0 Å². The first-order valence-electron chi connectivity index (χ1n) is 7.79. The first-order valence-corrected chi connectivity index (χ1v) is 7.79. The molecule has 1 saturated heterocycles. The third-order valence-electron chi connectivity index (χ3n) is 4.16. The van der Waals surface area contributed by atoms with Crippen LogP contribution in [0.5, 0.6) is 0 Å². The van der Waals surface area contributed by atoms with Crippen molar-refractivity contribution in [3.05, 3.63) is 18.1 Å². The molecule has 1 N–H and O–H groups in total. The number of nitrogens with one attached hydrogen (secondary N) is 1. The van der Waals surface area contributed by atoms with Gasteiger partial charge in [-0.1, -0.05) is 0 Å². The molecule has 0 spiro atoms. The molecule has 5 heteroatoms. The molecule has 0 aliphatic carbocycles. The summed E-state index contributed by atoms with van der Waals surface area (Å²) in [6.45, 7) is 13.8. The number of anilines is 1. The largest absolute Gasteiger partial charge is 0.352 e. The summed E-state index contributed by atoms with van der Waals surface area (Å²) in [5.41, 5.74) is 1.09. The number of likely N-dealkylation sites (N-methyl/N-ethyl adjacent to an activating group) is 1. The Kier molecular flexibility index (Phi) is 4.84. The number of nitrogens with zero attached hydrogens (tertiary/aromatic N) is 4. The molecular weight excluding hydrogens is 262 g/mol. The van der Waals surface area contributed by atoms with Gasteiger partial charge in [-0.15, -0.1) is 0 Å². The van der Waals surface area contributed by atoms with E-state index >= 15 is 0 Å². The number of hydrogen-bond donors (Lipinski definition) is 1. The van der Waals surface area contributed by atoms with Gasteiger partial charge in [0.25, 0.3) is 0 Å². The van der Waals surface area contributed by atoms with Crippen molar-refractivity contribution in [2.45, 2.75) is 58.8 Å². The Balaban J connectivity index is 2.07. The molecule has 0 bridgehead atoms. The van der Waals surface area contributed by atoms with Crippen molar-refractivity contribution in [2.75, 3.05) is 25.0 Å². The van der Waals surface area contributed by atoms with Gasteiger partial charge in [0.2, 0.25) is 0 Å². The molecule has 0 aromatic carbocycles. The van der Waals surface area contributed by atoms with Gasteiger partial charge < -0.3 is 10.2 Å². The second-order valence-corrected chi connectivity index (χ2v) is 7.24. The minimum Gasteiger partial charge on any atom is -0.352 e. The van der Waals surface area contributed by atoms with Gasteiger partial charge in [-0.2, -0.15) is 0 Å². The summed E-state index contributed by atoms with van der Waals surface area (Å²) >= 11 is 0. The van der Waals surface area contributed by atoms with Crippen molar-refractivity contribution in [1.29, 1.82) is 0 Å². The van der Waals surface area contributed by atoms with E-state index in [-0.39, 0.29) is 5.54 Å². The average molecular weight is 291 g/mol. The standard InChI is InChI=1S/C16H29N5/c1-12-10-21(11-13(2)20(12)6)15-9-17-7-14(19-15)8-18-16(3,4)5/h7,9,12-13,18H,8,10-11H2,1-6H3. The highest BCUT2D eigenvalue weighted by Crippen LogP contribution is 2.19. The summed E-state index contributed by atoms with van der Waals surface area (Å²) in [6.07, 6.45) is 3.73. The average Bonchev–Trinajstić information content (AvgIpc) is 2.41. The summed E-state index contributed by atoms with van der Waals surface area (Å²) in [4.78, 5) is 13.9. The molecule has 2 atom stereocenters. The van der Waals surface area contributed by atoms with Crippen molar-refractivity contribution >= 4 is 5.82 Å². The minimum absolute atomic E-state index is 0.0918. The Bertz CT molecular complexity index is 456. The van der Waals surface area contributed by atoms with Crippen LogP contribution in [0, 0.1) is 0 Å². The van der Waals surface area contributed by atoms with Gasteiger partial charge in [-0.3, -0.25) is 9.88 Å². The van der Waals surface area contributed by atoms with E-state index < -0.39 is 0 Å². The molecule has 0 saturated carbocycles. The van der Waals surface area contributed by atoms with Crippen molar-refractivity contribution < 1.29 is 0 Å². The second kappa shape index (κ2) is 6.28. The summed E-state index contributed by atoms with van der Waals surface area (Å²) in [6, 6.07) is 1.07. The van der Waals surface area contributed by atoms with E-state index in [0.717, 1.165) is 31.1 Å². The molecule has 1 aromatic heterocycles. The molecule has 2 rings (SSSR count). The van der Waals surface area contributed by atoms with Crippen LogP contribution >= 0.6 is 0 Å². The van der Waals surface area contributed by atoms with Gasteiger partial charge in [0.1, 0.15) is 5.82 Å². The zero-order valence-electron chi connectivity index (χ0n) is 14.2. The maximum Gasteiger partial charge on any atom is 0.147 e. The van der Waals surface area contributed by atoms with E-state index in [1.54, 1.807) is 0 Å². The lowest BCUT2D eigenvalue weighted by Gasteiger charge is -2.42. The summed E-state index contributed by atoms with van der Waals surface area (Å²) in [7, 11) is 2.20. The van der Waals surface area contributed by atoms with E-state index in [4.69, 9.17) is 4.98 Å². The molecule has 5 nitrogen and oxygen atoms in total. The van der Waals surface area contributed by atoms with Gasteiger partial charge in [-0.25, -0.2) is 4.98 Å². The molecular formula is C16H29N5. The number of piperazine rings is 1. The monoisotopic (exact) mass is 291 g/mol. The molecule has 1 aromatic rings. The first kappa shape index (κ1) is 16.2. The zero-order chi connectivity index (χ0) is 15.6. The molecule has 1 aliphatic heterocycles. The first-order chi connectivity index (χ1) is 9.76. The van der Waals surface area contributed by atoms with Crippen molar-refractivity contribution in [3.8, 4) is 0 Å². The topological polar surface area (TPSA) is 44.3 Å². The minimum atomic E-state index is 0.0918. The van der Waals surface area contributed by atoms with Crippen LogP contribution in [0.15, 0.2) is 12.4 Å². The summed E-state index contributed by atoms with van der Waals surface area (Å²) < 4.78 is 0. The molecule has 0 amide bonds. The van der Waals surface area contributed by atoms with E-state index in [9.17, 15) is 0 Å². The highest BCUT2D eigenvalue weighted by Gasteiger charge is 2.27. The number of aromatic nitrogens is 2. The third-order valence-corrected chi connectivity index (χ3v) is 4.16. The van der Waals surface area contributed by atoms with Gasteiger partial charge in [0.05, 0.1) is 11.9 Å². The van der Waals surface area contributed by atoms with Gasteiger partial charge >= 0.3 is 0 Å². The smallest absolute Gasteiger partial charge is 0.147 e. The van der Waals surface area contributed by atoms with Crippen LogP contribution in [0.3, 0.4) is 0 Å². The Morgan fingerprint density at radius 1 is 1.19 bits per heavy atom. The molecule has 118 valence electrons. The molecule has 1 aliphatic rings. The van der Waals surface area contributed by atoms with Crippen molar-refractivity contribution in [1.82, 2.24) is 20.2 Å². The SMILES string of the molecule is CC1CN(c2cncc(CNC(C)(C)C)n2)CC(C)N1C. The Morgan fingerprint density at radius 3 is 2.38 bits per heavy atom. The van der Waals surface area contributed by atoms with Crippen molar-refractivity contribution in [2.24, 2.45) is 0 Å². The fourth-order valence-corrected chi connectivity index (χ4v) is 2.58. The molecule has 1 fully saturated rings. The molecule has 21 heavy (non-hydrogen) atoms. The molecule has 2 unspecified atom stereocenters. The lowest BCUT2D eigenvalue weighted by atomic mass is 10.1. The van der Waals surface area contributed by atoms with Crippen LogP contribution in [0.4, 0.5) is 5.82 Å². The maximum atomic E-state index is 4.78. The fraction of sp³-hybridized carbons (Fsp3) is 0.750. The fourth-order valence-electron chi connectivity index (χ4n) is 2.58. The lowest BCUT2D eigenvalue weighted by molar-refractivity contribution is 0.169. The van der Waals surface area contributed by atoms with Crippen LogP contribution in [-0.2, 0) is 6.54 Å². The normalized spacial score (nSPS) is 24.4. The Hall–Kier alpha value is -1.20. The van der Waals surface area contributed by atoms with Crippen LogP contribution in [0.2, 0.25) is 0 Å². The van der Waals surface area contributed by atoms with Gasteiger partial charge in [0.15, 0.2) is 0 Å². The summed E-state index contributed by atoms with van der Waals surface area (Å²) in [5, 5.41) is 3.46. The van der Waals surface area contributed by atoms with Crippen LogP contribution < -0.4 is 10.2 Å². The van der Waals surface area contributed by atoms with E-state index in [1.807, 2.05) is 12.4 Å². The van der Waals surface area contributed by atoms with E-state index in [2.05, 4.69) is 61.8 Å². The van der Waals surface area contributed by atoms with Gasteiger partial charge in [0, 0.05) is 43.5 Å². The van der Waals surface area contributed by atoms with Crippen molar-refractivity contribution in [3.63, 3.8) is 0 Å². The molecule has 2 heterocycles. The third kappa shape index (κ3) is 4.38. The van der Waals surface area contributed by atoms with Crippen LogP contribution in [0.1, 0.15) is 40.3 Å². The highest BCUT2D eigenvalue weighted by molar-refractivity contribution is 5.38. The lowest BCUT2D eigenvalue weighted by Crippen LogP contribution is -2.55. The Labute approximate surface area is 128 Å². The highest BCUT2D eigenvalue weighted by atomic mass is 15.3. The predicted molar refractivity (Wildman–Crippen MR) is 87.5 cm³/mol. The maximum absolute atomic E-state index is 4.78. The predicted octanol–water partition coefficient (Wildman–Crippen LogP) is 1.89. The second-order valence-electron chi connectivity index (χ2n) is 7.24. The quantitative estimate of drug-likeness (QED) is 0.921. The van der Waals surface area contributed by atoms with Crippen LogP contribution in [-0.4, -0.2) is 52.6 Å². The van der Waals surface area contributed by atoms with Gasteiger partial charge in [-0.05, 0) is 41.7 Å². The van der Waals surface area contributed by atoms with E-state index in [0.29, 0.717) is 12.1 Å². The number of rotatable bonds is 3. The van der Waals surface area contributed by atoms with Crippen LogP contribution in [0.25, 0.3) is 0 Å². The molecule has 0 radical (unpaired) electrons. The Morgan fingerprint density at radius 2 is 1.81 bits per heavy atom. The number of hydrogen-bond acceptors (Lipinski definition) is 5.